The highest BCUT2D eigenvalue weighted by molar-refractivity contribution is 5.91. The van der Waals surface area contributed by atoms with Crippen molar-refractivity contribution in [3.8, 4) is 22.8 Å². The molecular weight excluding hydrogens is 604 g/mol. The summed E-state index contributed by atoms with van der Waals surface area (Å²) in [5.74, 6) is 0.995. The first-order valence-electron chi connectivity index (χ1n) is 17.8. The maximum atomic E-state index is 13.8. The average molecular weight is 663 g/mol. The first-order chi connectivity index (χ1) is 23.4. The molecule has 1 aromatic heterocycles. The minimum absolute atomic E-state index is 0.0649. The molecule has 4 heteroatoms. The average Bonchev–Trinajstić information content (AvgIpc) is 3.04. The van der Waals surface area contributed by atoms with Gasteiger partial charge >= 0.3 is 0 Å². The van der Waals surface area contributed by atoms with Gasteiger partial charge < -0.3 is 14.3 Å². The summed E-state index contributed by atoms with van der Waals surface area (Å²) in [6.45, 7) is 19.4. The number of unbranched alkanes of at least 4 members (excludes halogenated alkanes) is 1. The fourth-order valence-electron chi connectivity index (χ4n) is 5.72. The lowest BCUT2D eigenvalue weighted by atomic mass is 9.94. The second kappa shape index (κ2) is 19.6. The number of hydrogen-bond donors (Lipinski definition) is 1. The maximum absolute atomic E-state index is 13.8. The topological polar surface area (TPSA) is 59.7 Å². The first kappa shape index (κ1) is 39.1. The Kier molecular flexibility index (Phi) is 15.7. The molecule has 0 saturated carbocycles. The van der Waals surface area contributed by atoms with E-state index in [0.717, 1.165) is 55.2 Å². The molecule has 3 aromatic rings. The standard InChI is InChI=1S/C45H58O4/c1-31(2)17-13-14-20-36(9)29-39-44(48-28-27-35(8)22-16-19-33(5)6)38(26-25-34(7)21-15-18-32(3)4)43(47)42-40(46)30-41(49-45(39)42)37-23-11-10-12-24-37/h10-12,17-20,23-25,27,30,47H,13-16,21-22,26,28-29H2,1-9H3/b34-25+,35-27+,36-20+. The molecule has 49 heavy (non-hydrogen) atoms. The zero-order chi connectivity index (χ0) is 35.9. The predicted molar refractivity (Wildman–Crippen MR) is 210 cm³/mol. The van der Waals surface area contributed by atoms with Crippen LogP contribution < -0.4 is 10.2 Å². The summed E-state index contributed by atoms with van der Waals surface area (Å²) in [5, 5.41) is 12.1. The molecule has 0 fully saturated rings. The monoisotopic (exact) mass is 662 g/mol. The lowest BCUT2D eigenvalue weighted by Gasteiger charge is -2.20. The van der Waals surface area contributed by atoms with Gasteiger partial charge in [0.05, 0.1) is 0 Å². The first-order valence-corrected chi connectivity index (χ1v) is 17.8. The van der Waals surface area contributed by atoms with Gasteiger partial charge in [-0.25, -0.2) is 0 Å². The van der Waals surface area contributed by atoms with Crippen LogP contribution in [0, 0.1) is 0 Å². The number of aromatic hydroxyl groups is 1. The normalized spacial score (nSPS) is 12.2. The van der Waals surface area contributed by atoms with Crippen molar-refractivity contribution in [1.82, 2.24) is 0 Å². The molecule has 0 aliphatic heterocycles. The lowest BCUT2D eigenvalue weighted by Crippen LogP contribution is -2.09. The van der Waals surface area contributed by atoms with E-state index in [2.05, 4.69) is 98.8 Å². The summed E-state index contributed by atoms with van der Waals surface area (Å²) in [5.41, 5.74) is 9.87. The van der Waals surface area contributed by atoms with E-state index in [0.29, 0.717) is 42.1 Å². The van der Waals surface area contributed by atoms with Crippen molar-refractivity contribution < 1.29 is 14.3 Å². The van der Waals surface area contributed by atoms with Crippen LogP contribution in [0.25, 0.3) is 22.3 Å². The van der Waals surface area contributed by atoms with Gasteiger partial charge in [0.2, 0.25) is 0 Å². The summed E-state index contributed by atoms with van der Waals surface area (Å²) in [7, 11) is 0. The van der Waals surface area contributed by atoms with E-state index < -0.39 is 0 Å². The van der Waals surface area contributed by atoms with Gasteiger partial charge in [0.25, 0.3) is 0 Å². The van der Waals surface area contributed by atoms with Crippen LogP contribution >= 0.6 is 0 Å². The zero-order valence-electron chi connectivity index (χ0n) is 31.5. The molecular formula is C45H58O4. The van der Waals surface area contributed by atoms with Gasteiger partial charge in [-0.1, -0.05) is 94.2 Å². The molecule has 0 aliphatic rings. The van der Waals surface area contributed by atoms with Crippen LogP contribution in [-0.2, 0) is 12.8 Å². The zero-order valence-corrected chi connectivity index (χ0v) is 31.5. The molecule has 262 valence electrons. The van der Waals surface area contributed by atoms with Gasteiger partial charge in [-0.15, -0.1) is 0 Å². The van der Waals surface area contributed by atoms with Crippen molar-refractivity contribution in [3.05, 3.63) is 128 Å². The lowest BCUT2D eigenvalue weighted by molar-refractivity contribution is 0.350. The SMILES string of the molecule is CC(C)=CCC/C=C(\C)Cc1c(OC/C=C(\C)CCC=C(C)C)c(C/C=C(\C)CCC=C(C)C)c(O)c2c(=O)cc(-c3ccccc3)oc12. The van der Waals surface area contributed by atoms with Gasteiger partial charge in [-0.05, 0) is 113 Å². The highest BCUT2D eigenvalue weighted by atomic mass is 16.5. The quantitative estimate of drug-likeness (QED) is 0.115. The van der Waals surface area contributed by atoms with Crippen LogP contribution in [-0.4, -0.2) is 11.7 Å². The van der Waals surface area contributed by atoms with Crippen molar-refractivity contribution in [2.45, 2.75) is 114 Å². The number of fused-ring (bicyclic) bond motifs is 1. The van der Waals surface area contributed by atoms with Crippen LogP contribution in [0.15, 0.2) is 116 Å². The van der Waals surface area contributed by atoms with E-state index >= 15 is 0 Å². The second-order valence-corrected chi connectivity index (χ2v) is 14.0. The Morgan fingerprint density at radius 3 is 1.88 bits per heavy atom. The number of hydrogen-bond acceptors (Lipinski definition) is 4. The molecule has 4 nitrogen and oxygen atoms in total. The second-order valence-electron chi connectivity index (χ2n) is 14.0. The molecule has 0 spiro atoms. The van der Waals surface area contributed by atoms with Crippen LogP contribution in [0.2, 0.25) is 0 Å². The molecule has 0 bridgehead atoms. The molecule has 0 radical (unpaired) electrons. The summed E-state index contributed by atoms with van der Waals surface area (Å²) in [4.78, 5) is 13.8. The smallest absolute Gasteiger partial charge is 0.197 e. The third kappa shape index (κ3) is 12.6. The van der Waals surface area contributed by atoms with Crippen LogP contribution in [0.5, 0.6) is 11.5 Å². The minimum Gasteiger partial charge on any atom is -0.507 e. The highest BCUT2D eigenvalue weighted by Gasteiger charge is 2.25. The van der Waals surface area contributed by atoms with Crippen molar-refractivity contribution in [1.29, 1.82) is 0 Å². The minimum atomic E-state index is -0.267. The van der Waals surface area contributed by atoms with E-state index in [-0.39, 0.29) is 16.6 Å². The van der Waals surface area contributed by atoms with Crippen LogP contribution in [0.1, 0.15) is 112 Å². The fourth-order valence-corrected chi connectivity index (χ4v) is 5.72. The van der Waals surface area contributed by atoms with Crippen LogP contribution in [0.4, 0.5) is 0 Å². The molecule has 0 atom stereocenters. The number of rotatable bonds is 17. The van der Waals surface area contributed by atoms with Crippen molar-refractivity contribution >= 4 is 11.0 Å². The summed E-state index contributed by atoms with van der Waals surface area (Å²) in [6, 6.07) is 11.1. The van der Waals surface area contributed by atoms with Crippen molar-refractivity contribution in [2.24, 2.45) is 0 Å². The van der Waals surface area contributed by atoms with E-state index in [1.165, 1.54) is 33.9 Å². The van der Waals surface area contributed by atoms with E-state index in [1.807, 2.05) is 30.3 Å². The number of phenolic OH excluding ortho intramolecular Hbond substituents is 1. The number of benzene rings is 2. The van der Waals surface area contributed by atoms with Gasteiger partial charge in [-0.3, -0.25) is 4.79 Å². The Hall–Kier alpha value is -4.31. The molecule has 1 heterocycles. The van der Waals surface area contributed by atoms with Crippen molar-refractivity contribution in [2.75, 3.05) is 6.61 Å². The van der Waals surface area contributed by atoms with E-state index in [1.54, 1.807) is 0 Å². The Balaban J connectivity index is 2.23. The number of ether oxygens (including phenoxy) is 1. The predicted octanol–water partition coefficient (Wildman–Crippen LogP) is 12.7. The Labute approximate surface area is 295 Å². The van der Waals surface area contributed by atoms with Gasteiger partial charge in [-0.2, -0.15) is 0 Å². The number of phenols is 1. The number of allylic oxidation sites excluding steroid dienone is 11. The van der Waals surface area contributed by atoms with Gasteiger partial charge in [0, 0.05) is 29.2 Å². The molecule has 3 rings (SSSR count). The van der Waals surface area contributed by atoms with Crippen LogP contribution in [0.3, 0.4) is 0 Å². The Morgan fingerprint density at radius 1 is 0.694 bits per heavy atom. The fraction of sp³-hybridized carbons (Fsp3) is 0.400. The van der Waals surface area contributed by atoms with E-state index in [9.17, 15) is 9.90 Å². The third-order valence-corrected chi connectivity index (χ3v) is 8.52. The Bertz CT molecular complexity index is 1790. The van der Waals surface area contributed by atoms with Gasteiger partial charge in [0.15, 0.2) is 5.43 Å². The maximum Gasteiger partial charge on any atom is 0.197 e. The molecule has 2 aromatic carbocycles. The molecule has 0 saturated heterocycles. The van der Waals surface area contributed by atoms with Gasteiger partial charge in [0.1, 0.15) is 34.8 Å². The Morgan fingerprint density at radius 2 is 1.27 bits per heavy atom. The third-order valence-electron chi connectivity index (χ3n) is 8.52. The van der Waals surface area contributed by atoms with E-state index in [4.69, 9.17) is 9.15 Å². The summed E-state index contributed by atoms with van der Waals surface area (Å²) < 4.78 is 13.2. The molecule has 0 unspecified atom stereocenters. The summed E-state index contributed by atoms with van der Waals surface area (Å²) >= 11 is 0. The molecule has 0 amide bonds. The summed E-state index contributed by atoms with van der Waals surface area (Å²) in [6.07, 6.45) is 19.9. The molecule has 1 N–H and O–H groups in total. The van der Waals surface area contributed by atoms with Crippen molar-refractivity contribution in [3.63, 3.8) is 0 Å². The highest BCUT2D eigenvalue weighted by Crippen LogP contribution is 2.42. The molecule has 0 aliphatic carbocycles. The largest absolute Gasteiger partial charge is 0.507 e.